The third kappa shape index (κ3) is 9.99. The summed E-state index contributed by atoms with van der Waals surface area (Å²) in [7, 11) is 0. The number of aliphatic hydroxyl groups excluding tert-OH is 1. The molecule has 0 aromatic heterocycles. The lowest BCUT2D eigenvalue weighted by molar-refractivity contribution is 0.207. The van der Waals surface area contributed by atoms with Crippen LogP contribution in [0.1, 0.15) is 72.1 Å². The number of allylic oxidation sites excluding steroid dienone is 1. The molecule has 0 saturated heterocycles. The average molecular weight is 212 g/mol. The summed E-state index contributed by atoms with van der Waals surface area (Å²) in [5, 5.41) is 9.74. The van der Waals surface area contributed by atoms with Gasteiger partial charge in [0.05, 0.1) is 6.10 Å². The van der Waals surface area contributed by atoms with E-state index in [0.29, 0.717) is 0 Å². The number of rotatable bonds is 9. The molecular weight excluding hydrogens is 184 g/mol. The van der Waals surface area contributed by atoms with Gasteiger partial charge in [0.1, 0.15) is 0 Å². The highest BCUT2D eigenvalue weighted by molar-refractivity contribution is 5.01. The molecule has 1 heteroatoms. The Labute approximate surface area is 95.6 Å². The van der Waals surface area contributed by atoms with Crippen LogP contribution in [0.5, 0.6) is 0 Å². The van der Waals surface area contributed by atoms with Gasteiger partial charge in [-0.05, 0) is 26.2 Å². The zero-order chi connectivity index (χ0) is 11.5. The molecule has 0 aromatic carbocycles. The van der Waals surface area contributed by atoms with E-state index in [1.54, 1.807) is 0 Å². The van der Waals surface area contributed by atoms with Crippen molar-refractivity contribution in [3.63, 3.8) is 0 Å². The van der Waals surface area contributed by atoms with Gasteiger partial charge in [0, 0.05) is 0 Å². The Bertz CT molecular complexity index is 161. The molecule has 1 atom stereocenters. The van der Waals surface area contributed by atoms with Crippen LogP contribution in [0.2, 0.25) is 0 Å². The van der Waals surface area contributed by atoms with Gasteiger partial charge in [-0.25, -0.2) is 0 Å². The summed E-state index contributed by atoms with van der Waals surface area (Å²) >= 11 is 0. The average Bonchev–Trinajstić information content (AvgIpc) is 2.21. The van der Waals surface area contributed by atoms with E-state index in [1.807, 2.05) is 6.08 Å². The van der Waals surface area contributed by atoms with E-state index in [4.69, 9.17) is 0 Å². The summed E-state index contributed by atoms with van der Waals surface area (Å²) in [6.07, 6.45) is 11.4. The fourth-order valence-electron chi connectivity index (χ4n) is 1.73. The molecule has 0 rings (SSSR count). The molecule has 0 aliphatic rings. The zero-order valence-electron chi connectivity index (χ0n) is 10.8. The van der Waals surface area contributed by atoms with Gasteiger partial charge in [-0.15, -0.1) is 0 Å². The summed E-state index contributed by atoms with van der Waals surface area (Å²) < 4.78 is 0. The SMILES string of the molecule is CCCCCCC(O)/C=C(\C)CCCC. The fraction of sp³-hybridized carbons (Fsp3) is 0.857. The minimum atomic E-state index is -0.210. The molecule has 90 valence electrons. The van der Waals surface area contributed by atoms with E-state index < -0.39 is 0 Å². The van der Waals surface area contributed by atoms with Crippen LogP contribution in [0.25, 0.3) is 0 Å². The minimum absolute atomic E-state index is 0.210. The second-order valence-electron chi connectivity index (χ2n) is 4.53. The van der Waals surface area contributed by atoms with Gasteiger partial charge in [0.2, 0.25) is 0 Å². The van der Waals surface area contributed by atoms with Crippen LogP contribution in [0.4, 0.5) is 0 Å². The second kappa shape index (κ2) is 10.2. The highest BCUT2D eigenvalue weighted by Gasteiger charge is 2.00. The van der Waals surface area contributed by atoms with Crippen LogP contribution >= 0.6 is 0 Å². The lowest BCUT2D eigenvalue weighted by Crippen LogP contribution is -2.02. The maximum atomic E-state index is 9.74. The molecule has 1 nitrogen and oxygen atoms in total. The number of aliphatic hydroxyl groups is 1. The molecule has 0 aliphatic heterocycles. The molecule has 0 aliphatic carbocycles. The standard InChI is InChI=1S/C14H28O/c1-4-6-8-9-11-14(15)12-13(3)10-7-5-2/h12,14-15H,4-11H2,1-3H3/b13-12+. The van der Waals surface area contributed by atoms with Crippen molar-refractivity contribution in [1.29, 1.82) is 0 Å². The molecule has 0 radical (unpaired) electrons. The first-order valence-corrected chi connectivity index (χ1v) is 6.56. The first-order chi connectivity index (χ1) is 7.20. The topological polar surface area (TPSA) is 20.2 Å². The van der Waals surface area contributed by atoms with Crippen LogP contribution in [-0.2, 0) is 0 Å². The van der Waals surface area contributed by atoms with Crippen molar-refractivity contribution in [2.45, 2.75) is 78.2 Å². The Morgan fingerprint density at radius 3 is 2.33 bits per heavy atom. The Morgan fingerprint density at radius 2 is 1.73 bits per heavy atom. The first-order valence-electron chi connectivity index (χ1n) is 6.56. The van der Waals surface area contributed by atoms with Crippen LogP contribution in [-0.4, -0.2) is 11.2 Å². The maximum Gasteiger partial charge on any atom is 0.0723 e. The summed E-state index contributed by atoms with van der Waals surface area (Å²) in [5.41, 5.74) is 1.35. The van der Waals surface area contributed by atoms with Gasteiger partial charge >= 0.3 is 0 Å². The predicted octanol–water partition coefficient (Wildman–Crippen LogP) is 4.45. The van der Waals surface area contributed by atoms with E-state index in [2.05, 4.69) is 20.8 Å². The molecular formula is C14H28O. The first kappa shape index (κ1) is 14.7. The second-order valence-corrected chi connectivity index (χ2v) is 4.53. The lowest BCUT2D eigenvalue weighted by atomic mass is 10.0. The molecule has 0 aromatic rings. The minimum Gasteiger partial charge on any atom is -0.389 e. The summed E-state index contributed by atoms with van der Waals surface area (Å²) in [4.78, 5) is 0. The monoisotopic (exact) mass is 212 g/mol. The Hall–Kier alpha value is -0.300. The van der Waals surface area contributed by atoms with Crippen molar-refractivity contribution in [3.05, 3.63) is 11.6 Å². The van der Waals surface area contributed by atoms with Crippen LogP contribution in [0, 0.1) is 0 Å². The molecule has 0 amide bonds. The van der Waals surface area contributed by atoms with Crippen molar-refractivity contribution in [2.75, 3.05) is 0 Å². The Kier molecular flexibility index (Phi) is 10.0. The molecule has 0 spiro atoms. The molecule has 15 heavy (non-hydrogen) atoms. The number of unbranched alkanes of at least 4 members (excludes halogenated alkanes) is 4. The van der Waals surface area contributed by atoms with E-state index in [9.17, 15) is 5.11 Å². The number of hydrogen-bond acceptors (Lipinski definition) is 1. The van der Waals surface area contributed by atoms with E-state index >= 15 is 0 Å². The third-order valence-corrected chi connectivity index (χ3v) is 2.76. The quantitative estimate of drug-likeness (QED) is 0.442. The predicted molar refractivity (Wildman–Crippen MR) is 68.0 cm³/mol. The van der Waals surface area contributed by atoms with Gasteiger partial charge in [0.15, 0.2) is 0 Å². The molecule has 0 fully saturated rings. The van der Waals surface area contributed by atoms with Gasteiger partial charge in [-0.1, -0.05) is 57.6 Å². The maximum absolute atomic E-state index is 9.74. The van der Waals surface area contributed by atoms with Crippen molar-refractivity contribution in [2.24, 2.45) is 0 Å². The smallest absolute Gasteiger partial charge is 0.0723 e. The summed E-state index contributed by atoms with van der Waals surface area (Å²) in [6, 6.07) is 0. The van der Waals surface area contributed by atoms with Gasteiger partial charge in [-0.3, -0.25) is 0 Å². The molecule has 0 bridgehead atoms. The van der Waals surface area contributed by atoms with Crippen molar-refractivity contribution >= 4 is 0 Å². The summed E-state index contributed by atoms with van der Waals surface area (Å²) in [6.45, 7) is 6.55. The highest BCUT2D eigenvalue weighted by Crippen LogP contribution is 2.11. The Morgan fingerprint density at radius 1 is 1.07 bits per heavy atom. The van der Waals surface area contributed by atoms with E-state index in [-0.39, 0.29) is 6.10 Å². The molecule has 0 saturated carbocycles. The van der Waals surface area contributed by atoms with Crippen LogP contribution in [0.15, 0.2) is 11.6 Å². The zero-order valence-corrected chi connectivity index (χ0v) is 10.8. The largest absolute Gasteiger partial charge is 0.389 e. The molecule has 0 heterocycles. The van der Waals surface area contributed by atoms with E-state index in [1.165, 1.54) is 37.7 Å². The van der Waals surface area contributed by atoms with Gasteiger partial charge < -0.3 is 5.11 Å². The number of hydrogen-bond donors (Lipinski definition) is 1. The van der Waals surface area contributed by atoms with Gasteiger partial charge in [-0.2, -0.15) is 0 Å². The van der Waals surface area contributed by atoms with E-state index in [0.717, 1.165) is 19.3 Å². The van der Waals surface area contributed by atoms with Gasteiger partial charge in [0.25, 0.3) is 0 Å². The Balaban J connectivity index is 3.56. The molecule has 1 N–H and O–H groups in total. The summed E-state index contributed by atoms with van der Waals surface area (Å²) in [5.74, 6) is 0. The highest BCUT2D eigenvalue weighted by atomic mass is 16.3. The normalized spacial score (nSPS) is 14.3. The van der Waals surface area contributed by atoms with Crippen molar-refractivity contribution in [1.82, 2.24) is 0 Å². The lowest BCUT2D eigenvalue weighted by Gasteiger charge is -2.07. The van der Waals surface area contributed by atoms with Crippen LogP contribution in [0.3, 0.4) is 0 Å². The van der Waals surface area contributed by atoms with Crippen molar-refractivity contribution in [3.8, 4) is 0 Å². The fourth-order valence-corrected chi connectivity index (χ4v) is 1.73. The third-order valence-electron chi connectivity index (χ3n) is 2.76. The van der Waals surface area contributed by atoms with Crippen molar-refractivity contribution < 1.29 is 5.11 Å². The van der Waals surface area contributed by atoms with Crippen LogP contribution < -0.4 is 0 Å². The molecule has 1 unspecified atom stereocenters.